The lowest BCUT2D eigenvalue weighted by molar-refractivity contribution is 0.101. The largest absolute Gasteiger partial charge is 0.496 e. The van der Waals surface area contributed by atoms with Crippen LogP contribution in [0.4, 0.5) is 0 Å². The summed E-state index contributed by atoms with van der Waals surface area (Å²) >= 11 is 1.48. The van der Waals surface area contributed by atoms with Crippen LogP contribution in [-0.4, -0.2) is 17.9 Å². The number of carbonyl (C=O) groups excluding carboxylic acids is 1. The predicted molar refractivity (Wildman–Crippen MR) is 68.8 cm³/mol. The number of aryl methyl sites for hydroxylation is 1. The van der Waals surface area contributed by atoms with Gasteiger partial charge in [0, 0.05) is 17.9 Å². The van der Waals surface area contributed by atoms with E-state index in [1.165, 1.54) is 18.3 Å². The van der Waals surface area contributed by atoms with Gasteiger partial charge in [0.05, 0.1) is 7.11 Å². The Kier molecular flexibility index (Phi) is 3.24. The van der Waals surface area contributed by atoms with E-state index in [0.717, 1.165) is 21.9 Å². The predicted octanol–water partition coefficient (Wildman–Crippen LogP) is 3.33. The van der Waals surface area contributed by atoms with Crippen LogP contribution in [0.3, 0.4) is 0 Å². The fourth-order valence-electron chi connectivity index (χ4n) is 1.58. The maximum atomic E-state index is 11.2. The van der Waals surface area contributed by atoms with Gasteiger partial charge in [0.15, 0.2) is 5.78 Å². The SMILES string of the molecule is COc1ccc(-c2nc(C(C)=O)cs2)cc1C. The fourth-order valence-corrected chi connectivity index (χ4v) is 2.44. The van der Waals surface area contributed by atoms with E-state index < -0.39 is 0 Å². The smallest absolute Gasteiger partial charge is 0.178 e. The molecule has 88 valence electrons. The molecule has 0 unspecified atom stereocenters. The first-order valence-corrected chi connectivity index (χ1v) is 6.11. The molecule has 0 saturated heterocycles. The number of carbonyl (C=O) groups is 1. The van der Waals surface area contributed by atoms with Gasteiger partial charge in [-0.3, -0.25) is 4.79 Å². The second kappa shape index (κ2) is 4.67. The number of thiazole rings is 1. The lowest BCUT2D eigenvalue weighted by Gasteiger charge is -2.05. The van der Waals surface area contributed by atoms with Gasteiger partial charge in [-0.05, 0) is 30.7 Å². The number of benzene rings is 1. The molecule has 0 fully saturated rings. The topological polar surface area (TPSA) is 39.2 Å². The van der Waals surface area contributed by atoms with Crippen LogP contribution < -0.4 is 4.74 Å². The molecule has 0 amide bonds. The van der Waals surface area contributed by atoms with Crippen LogP contribution in [0.25, 0.3) is 10.6 Å². The number of aromatic nitrogens is 1. The Bertz CT molecular complexity index is 560. The van der Waals surface area contributed by atoms with Crippen LogP contribution in [-0.2, 0) is 0 Å². The summed E-state index contributed by atoms with van der Waals surface area (Å²) in [5.41, 5.74) is 2.60. The molecule has 0 spiro atoms. The molecule has 4 heteroatoms. The molecule has 0 aliphatic heterocycles. The average Bonchev–Trinajstić information content (AvgIpc) is 2.78. The van der Waals surface area contributed by atoms with Crippen molar-refractivity contribution in [2.45, 2.75) is 13.8 Å². The molecule has 0 saturated carbocycles. The summed E-state index contributed by atoms with van der Waals surface area (Å²) in [4.78, 5) is 15.5. The van der Waals surface area contributed by atoms with E-state index in [4.69, 9.17) is 4.74 Å². The number of methoxy groups -OCH3 is 1. The lowest BCUT2D eigenvalue weighted by atomic mass is 10.1. The minimum atomic E-state index is -0.00210. The number of ether oxygens (including phenoxy) is 1. The molecule has 0 radical (unpaired) electrons. The Balaban J connectivity index is 2.39. The van der Waals surface area contributed by atoms with Crippen molar-refractivity contribution in [1.29, 1.82) is 0 Å². The van der Waals surface area contributed by atoms with Crippen LogP contribution in [0.2, 0.25) is 0 Å². The number of nitrogens with zero attached hydrogens (tertiary/aromatic N) is 1. The zero-order valence-corrected chi connectivity index (χ0v) is 10.8. The van der Waals surface area contributed by atoms with Crippen molar-refractivity contribution < 1.29 is 9.53 Å². The number of rotatable bonds is 3. The minimum Gasteiger partial charge on any atom is -0.496 e. The lowest BCUT2D eigenvalue weighted by Crippen LogP contribution is -1.91. The molecule has 0 bridgehead atoms. The molecule has 1 aromatic carbocycles. The van der Waals surface area contributed by atoms with Gasteiger partial charge in [0.2, 0.25) is 0 Å². The summed E-state index contributed by atoms with van der Waals surface area (Å²) in [6.45, 7) is 3.51. The van der Waals surface area contributed by atoms with Crippen molar-refractivity contribution in [3.63, 3.8) is 0 Å². The number of ketones is 1. The maximum absolute atomic E-state index is 11.2. The van der Waals surface area contributed by atoms with Gasteiger partial charge in [0.25, 0.3) is 0 Å². The van der Waals surface area contributed by atoms with Crippen molar-refractivity contribution in [2.75, 3.05) is 7.11 Å². The van der Waals surface area contributed by atoms with Gasteiger partial charge in [-0.15, -0.1) is 11.3 Å². The maximum Gasteiger partial charge on any atom is 0.178 e. The van der Waals surface area contributed by atoms with Gasteiger partial charge < -0.3 is 4.74 Å². The molecule has 3 nitrogen and oxygen atoms in total. The zero-order chi connectivity index (χ0) is 12.4. The molecule has 1 aromatic heterocycles. The average molecular weight is 247 g/mol. The first-order valence-electron chi connectivity index (χ1n) is 5.23. The third-order valence-electron chi connectivity index (χ3n) is 2.51. The van der Waals surface area contributed by atoms with Crippen molar-refractivity contribution in [3.05, 3.63) is 34.8 Å². The van der Waals surface area contributed by atoms with Gasteiger partial charge in [-0.25, -0.2) is 4.98 Å². The fraction of sp³-hybridized carbons (Fsp3) is 0.231. The Morgan fingerprint density at radius 3 is 2.71 bits per heavy atom. The molecule has 2 aromatic rings. The summed E-state index contributed by atoms with van der Waals surface area (Å²) < 4.78 is 5.21. The molecule has 17 heavy (non-hydrogen) atoms. The summed E-state index contributed by atoms with van der Waals surface area (Å²) in [6.07, 6.45) is 0. The van der Waals surface area contributed by atoms with E-state index >= 15 is 0 Å². The van der Waals surface area contributed by atoms with Crippen LogP contribution >= 0.6 is 11.3 Å². The molecule has 0 N–H and O–H groups in total. The van der Waals surface area contributed by atoms with Crippen LogP contribution in [0, 0.1) is 6.92 Å². The Morgan fingerprint density at radius 1 is 1.41 bits per heavy atom. The van der Waals surface area contributed by atoms with Gasteiger partial charge in [0.1, 0.15) is 16.5 Å². The number of Topliss-reactive ketones (excluding diaryl/α,β-unsaturated/α-hetero) is 1. The summed E-state index contributed by atoms with van der Waals surface area (Å²) in [5.74, 6) is 0.856. The monoisotopic (exact) mass is 247 g/mol. The van der Waals surface area contributed by atoms with Gasteiger partial charge in [-0.1, -0.05) is 0 Å². The van der Waals surface area contributed by atoms with Crippen LogP contribution in [0.15, 0.2) is 23.6 Å². The van der Waals surface area contributed by atoms with E-state index in [1.807, 2.05) is 25.1 Å². The first-order chi connectivity index (χ1) is 8.11. The second-order valence-electron chi connectivity index (χ2n) is 3.78. The van der Waals surface area contributed by atoms with Crippen molar-refractivity contribution in [2.24, 2.45) is 0 Å². The number of hydrogen-bond donors (Lipinski definition) is 0. The third kappa shape index (κ3) is 2.36. The van der Waals surface area contributed by atoms with E-state index in [2.05, 4.69) is 4.98 Å². The normalized spacial score (nSPS) is 10.3. The Morgan fingerprint density at radius 2 is 2.18 bits per heavy atom. The zero-order valence-electron chi connectivity index (χ0n) is 9.98. The van der Waals surface area contributed by atoms with Crippen LogP contribution in [0.5, 0.6) is 5.75 Å². The molecule has 0 aliphatic carbocycles. The summed E-state index contributed by atoms with van der Waals surface area (Å²) in [5, 5.41) is 2.65. The minimum absolute atomic E-state index is 0.00210. The first kappa shape index (κ1) is 11.8. The molecular formula is C13H13NO2S. The van der Waals surface area contributed by atoms with Gasteiger partial charge in [-0.2, -0.15) is 0 Å². The van der Waals surface area contributed by atoms with Crippen LogP contribution in [0.1, 0.15) is 23.0 Å². The van der Waals surface area contributed by atoms with E-state index in [9.17, 15) is 4.79 Å². The van der Waals surface area contributed by atoms with Crippen molar-refractivity contribution in [3.8, 4) is 16.3 Å². The Hall–Kier alpha value is -1.68. The highest BCUT2D eigenvalue weighted by atomic mass is 32.1. The van der Waals surface area contributed by atoms with Crippen molar-refractivity contribution >= 4 is 17.1 Å². The molecular weight excluding hydrogens is 234 g/mol. The Labute approximate surface area is 104 Å². The molecule has 0 aliphatic rings. The third-order valence-corrected chi connectivity index (χ3v) is 3.40. The quantitative estimate of drug-likeness (QED) is 0.781. The van der Waals surface area contributed by atoms with E-state index in [1.54, 1.807) is 12.5 Å². The van der Waals surface area contributed by atoms with E-state index in [-0.39, 0.29) is 5.78 Å². The summed E-state index contributed by atoms with van der Waals surface area (Å²) in [7, 11) is 1.65. The second-order valence-corrected chi connectivity index (χ2v) is 4.64. The van der Waals surface area contributed by atoms with E-state index in [0.29, 0.717) is 5.69 Å². The molecule has 1 heterocycles. The highest BCUT2D eigenvalue weighted by Crippen LogP contribution is 2.28. The number of hydrogen-bond acceptors (Lipinski definition) is 4. The molecule has 2 rings (SSSR count). The van der Waals surface area contributed by atoms with Crippen molar-refractivity contribution in [1.82, 2.24) is 4.98 Å². The highest BCUT2D eigenvalue weighted by Gasteiger charge is 2.09. The van der Waals surface area contributed by atoms with Gasteiger partial charge >= 0.3 is 0 Å². The molecule has 0 atom stereocenters. The summed E-state index contributed by atoms with van der Waals surface area (Å²) in [6, 6.07) is 5.88. The highest BCUT2D eigenvalue weighted by molar-refractivity contribution is 7.13. The standard InChI is InChI=1S/C13H13NO2S/c1-8-6-10(4-5-12(8)16-3)13-14-11(7-17-13)9(2)15/h4-7H,1-3H3.